The monoisotopic (exact) mass is 283 g/mol. The number of nitriles is 1. The molecular formula is C12H11F2N3O3. The number of nitro benzene ring substituents is 1. The molecule has 1 aliphatic carbocycles. The Hall–Kier alpha value is -2.27. The molecule has 0 heterocycles. The molecule has 0 saturated carbocycles. The number of aryl methyl sites for hydroxylation is 1. The standard InChI is InChI=1S/C12H11F2N3O3/c13-12(14,6-18)16(7-15)11-4-2-8-1-3-9(17(19)20)5-10(8)11/h1,3,5,11,18H,2,4,6H2/t11-/m1/s1. The molecule has 1 aromatic carbocycles. The first-order valence-corrected chi connectivity index (χ1v) is 5.85. The number of aliphatic hydroxyl groups excluding tert-OH is 1. The number of hydrogen-bond acceptors (Lipinski definition) is 5. The van der Waals surface area contributed by atoms with Crippen LogP contribution in [0.2, 0.25) is 0 Å². The van der Waals surface area contributed by atoms with Crippen LogP contribution in [-0.4, -0.2) is 27.6 Å². The van der Waals surface area contributed by atoms with E-state index < -0.39 is 23.6 Å². The summed E-state index contributed by atoms with van der Waals surface area (Å²) in [6.07, 6.45) is 2.08. The van der Waals surface area contributed by atoms with Gasteiger partial charge in [-0.2, -0.15) is 14.0 Å². The van der Waals surface area contributed by atoms with E-state index in [9.17, 15) is 18.9 Å². The lowest BCUT2D eigenvalue weighted by molar-refractivity contribution is -0.385. The number of aliphatic hydroxyl groups is 1. The van der Waals surface area contributed by atoms with Crippen molar-refractivity contribution in [2.24, 2.45) is 0 Å². The molecule has 6 nitrogen and oxygen atoms in total. The van der Waals surface area contributed by atoms with Crippen LogP contribution in [0, 0.1) is 21.6 Å². The summed E-state index contributed by atoms with van der Waals surface area (Å²) < 4.78 is 27.1. The number of halogens is 2. The van der Waals surface area contributed by atoms with Crippen LogP contribution < -0.4 is 0 Å². The molecule has 0 aromatic heterocycles. The maximum Gasteiger partial charge on any atom is 0.356 e. The van der Waals surface area contributed by atoms with Gasteiger partial charge in [-0.05, 0) is 24.0 Å². The Kier molecular flexibility index (Phi) is 3.55. The van der Waals surface area contributed by atoms with Crippen LogP contribution in [0.25, 0.3) is 0 Å². The third-order valence-electron chi connectivity index (χ3n) is 3.35. The van der Waals surface area contributed by atoms with Gasteiger partial charge in [0.2, 0.25) is 0 Å². The Morgan fingerprint density at radius 3 is 2.85 bits per heavy atom. The summed E-state index contributed by atoms with van der Waals surface area (Å²) in [5.41, 5.74) is 0.837. The van der Waals surface area contributed by atoms with E-state index in [1.807, 2.05) is 0 Å². The van der Waals surface area contributed by atoms with E-state index >= 15 is 0 Å². The van der Waals surface area contributed by atoms with E-state index in [1.54, 1.807) is 0 Å². The zero-order valence-corrected chi connectivity index (χ0v) is 10.3. The average Bonchev–Trinajstić information content (AvgIpc) is 2.82. The van der Waals surface area contributed by atoms with Crippen LogP contribution in [0.3, 0.4) is 0 Å². The van der Waals surface area contributed by atoms with Crippen LogP contribution >= 0.6 is 0 Å². The summed E-state index contributed by atoms with van der Waals surface area (Å²) in [6, 6.07) is -0.615. The zero-order chi connectivity index (χ0) is 14.9. The van der Waals surface area contributed by atoms with Crippen molar-refractivity contribution in [2.45, 2.75) is 24.9 Å². The summed E-state index contributed by atoms with van der Waals surface area (Å²) >= 11 is 0. The van der Waals surface area contributed by atoms with Crippen molar-refractivity contribution >= 4 is 5.69 Å². The highest BCUT2D eigenvalue weighted by Gasteiger charge is 2.43. The predicted octanol–water partition coefficient (Wildman–Crippen LogP) is 1.95. The molecule has 0 spiro atoms. The fourth-order valence-corrected chi connectivity index (χ4v) is 2.40. The van der Waals surface area contributed by atoms with Crippen molar-refractivity contribution in [1.29, 1.82) is 5.26 Å². The summed E-state index contributed by atoms with van der Waals surface area (Å²) in [4.78, 5) is 10.3. The Morgan fingerprint density at radius 2 is 2.30 bits per heavy atom. The number of non-ortho nitro benzene ring substituents is 1. The first-order chi connectivity index (χ1) is 9.40. The number of nitrogens with zero attached hydrogens (tertiary/aromatic N) is 3. The summed E-state index contributed by atoms with van der Waals surface area (Å²) in [5, 5.41) is 28.3. The number of hydrogen-bond donors (Lipinski definition) is 1. The number of alkyl halides is 2. The van der Waals surface area contributed by atoms with E-state index in [2.05, 4.69) is 0 Å². The third-order valence-corrected chi connectivity index (χ3v) is 3.35. The maximum absolute atomic E-state index is 13.5. The van der Waals surface area contributed by atoms with Crippen molar-refractivity contribution in [3.05, 3.63) is 39.4 Å². The first kappa shape index (κ1) is 14.1. The van der Waals surface area contributed by atoms with Gasteiger partial charge in [-0.3, -0.25) is 10.1 Å². The van der Waals surface area contributed by atoms with Crippen molar-refractivity contribution in [3.63, 3.8) is 0 Å². The van der Waals surface area contributed by atoms with Gasteiger partial charge in [0.05, 0.1) is 11.0 Å². The molecule has 0 unspecified atom stereocenters. The topological polar surface area (TPSA) is 90.4 Å². The normalized spacial score (nSPS) is 17.4. The van der Waals surface area contributed by atoms with Gasteiger partial charge in [0.25, 0.3) is 5.69 Å². The van der Waals surface area contributed by atoms with E-state index in [4.69, 9.17) is 10.4 Å². The van der Waals surface area contributed by atoms with Gasteiger partial charge >= 0.3 is 6.05 Å². The third kappa shape index (κ3) is 2.28. The molecule has 0 saturated heterocycles. The lowest BCUT2D eigenvalue weighted by atomic mass is 10.1. The zero-order valence-electron chi connectivity index (χ0n) is 10.3. The van der Waals surface area contributed by atoms with E-state index in [1.165, 1.54) is 24.4 Å². The minimum Gasteiger partial charge on any atom is -0.388 e. The molecule has 106 valence electrons. The Balaban J connectivity index is 2.42. The Bertz CT molecular complexity index is 586. The lowest BCUT2D eigenvalue weighted by Crippen LogP contribution is -2.43. The van der Waals surface area contributed by atoms with Gasteiger partial charge in [-0.1, -0.05) is 6.07 Å². The van der Waals surface area contributed by atoms with Crippen molar-refractivity contribution < 1.29 is 18.8 Å². The van der Waals surface area contributed by atoms with Crippen molar-refractivity contribution in [3.8, 4) is 6.19 Å². The summed E-state index contributed by atoms with van der Waals surface area (Å²) in [5.74, 6) is 0. The van der Waals surface area contributed by atoms with Crippen molar-refractivity contribution in [1.82, 2.24) is 4.90 Å². The Labute approximate surface area is 113 Å². The Morgan fingerprint density at radius 1 is 1.60 bits per heavy atom. The number of benzene rings is 1. The van der Waals surface area contributed by atoms with E-state index in [0.717, 1.165) is 0 Å². The molecule has 1 atom stereocenters. The largest absolute Gasteiger partial charge is 0.388 e. The number of nitro groups is 1. The minimum atomic E-state index is -3.69. The SMILES string of the molecule is N#CN([C@@H]1CCc2ccc([N+](=O)[O-])cc21)C(F)(F)CO. The lowest BCUT2D eigenvalue weighted by Gasteiger charge is -2.30. The molecule has 8 heteroatoms. The van der Waals surface area contributed by atoms with Gasteiger partial charge in [-0.25, -0.2) is 4.90 Å². The number of rotatable bonds is 4. The molecule has 20 heavy (non-hydrogen) atoms. The second-order valence-corrected chi connectivity index (χ2v) is 4.49. The molecule has 1 N–H and O–H groups in total. The van der Waals surface area contributed by atoms with Gasteiger partial charge in [-0.15, -0.1) is 0 Å². The molecule has 0 radical (unpaired) electrons. The fraction of sp³-hybridized carbons (Fsp3) is 0.417. The van der Waals surface area contributed by atoms with Crippen LogP contribution in [0.4, 0.5) is 14.5 Å². The second kappa shape index (κ2) is 5.02. The highest BCUT2D eigenvalue weighted by molar-refractivity contribution is 5.44. The molecule has 0 amide bonds. The highest BCUT2D eigenvalue weighted by atomic mass is 19.3. The van der Waals surface area contributed by atoms with E-state index in [0.29, 0.717) is 17.5 Å². The van der Waals surface area contributed by atoms with Gasteiger partial charge in [0.1, 0.15) is 6.61 Å². The summed E-state index contributed by atoms with van der Waals surface area (Å²) in [7, 11) is 0. The maximum atomic E-state index is 13.5. The van der Waals surface area contributed by atoms with Crippen LogP contribution in [0.1, 0.15) is 23.6 Å². The molecule has 0 aliphatic heterocycles. The minimum absolute atomic E-state index is 0.208. The summed E-state index contributed by atoms with van der Waals surface area (Å²) in [6.45, 7) is -1.48. The smallest absolute Gasteiger partial charge is 0.356 e. The molecule has 0 bridgehead atoms. The van der Waals surface area contributed by atoms with Crippen molar-refractivity contribution in [2.75, 3.05) is 6.61 Å². The molecule has 0 fully saturated rings. The average molecular weight is 283 g/mol. The van der Waals surface area contributed by atoms with Crippen LogP contribution in [0.5, 0.6) is 0 Å². The number of fused-ring (bicyclic) bond motifs is 1. The molecule has 2 rings (SSSR count). The van der Waals surface area contributed by atoms with E-state index in [-0.39, 0.29) is 17.0 Å². The van der Waals surface area contributed by atoms with Gasteiger partial charge in [0.15, 0.2) is 6.19 Å². The molecular weight excluding hydrogens is 272 g/mol. The highest BCUT2D eigenvalue weighted by Crippen LogP contribution is 2.41. The second-order valence-electron chi connectivity index (χ2n) is 4.49. The van der Waals surface area contributed by atoms with Gasteiger partial charge < -0.3 is 5.11 Å². The fourth-order valence-electron chi connectivity index (χ4n) is 2.40. The van der Waals surface area contributed by atoms with Crippen LogP contribution in [-0.2, 0) is 6.42 Å². The predicted molar refractivity (Wildman–Crippen MR) is 63.6 cm³/mol. The first-order valence-electron chi connectivity index (χ1n) is 5.85. The molecule has 1 aliphatic rings. The molecule has 1 aromatic rings. The van der Waals surface area contributed by atoms with Gasteiger partial charge in [0, 0.05) is 12.1 Å². The van der Waals surface area contributed by atoms with Crippen LogP contribution in [0.15, 0.2) is 18.2 Å². The quantitative estimate of drug-likeness (QED) is 0.300.